The molecule has 5 heteroatoms. The van der Waals surface area contributed by atoms with Gasteiger partial charge < -0.3 is 9.30 Å². The van der Waals surface area contributed by atoms with Crippen molar-refractivity contribution in [2.24, 2.45) is 0 Å². The van der Waals surface area contributed by atoms with Crippen LogP contribution in [-0.2, 0) is 9.53 Å². The summed E-state index contributed by atoms with van der Waals surface area (Å²) in [5.41, 5.74) is 2.65. The maximum absolute atomic E-state index is 12.4. The molecule has 2 heterocycles. The Labute approximate surface area is 128 Å². The van der Waals surface area contributed by atoms with E-state index < -0.39 is 6.04 Å². The molecule has 112 valence electrons. The van der Waals surface area contributed by atoms with Crippen LogP contribution in [0.3, 0.4) is 0 Å². The van der Waals surface area contributed by atoms with Crippen LogP contribution in [0.1, 0.15) is 31.6 Å². The zero-order valence-electron chi connectivity index (χ0n) is 12.5. The molecular formula is C17H17N3O2. The molecule has 0 N–H and O–H groups in total. The number of hydrogen-bond donors (Lipinski definition) is 0. The number of hydrogen-bond acceptors (Lipinski definition) is 4. The summed E-state index contributed by atoms with van der Waals surface area (Å²) in [6.45, 7) is 3.65. The lowest BCUT2D eigenvalue weighted by Gasteiger charge is -2.18. The summed E-state index contributed by atoms with van der Waals surface area (Å²) in [6, 6.07) is 11.0. The molecule has 3 rings (SSSR count). The molecule has 0 saturated carbocycles. The fourth-order valence-corrected chi connectivity index (χ4v) is 2.36. The summed E-state index contributed by atoms with van der Waals surface area (Å²) >= 11 is 0. The van der Waals surface area contributed by atoms with Crippen LogP contribution in [-0.4, -0.2) is 20.5 Å². The van der Waals surface area contributed by atoms with Crippen LogP contribution < -0.4 is 0 Å². The summed E-state index contributed by atoms with van der Waals surface area (Å²) < 4.78 is 7.37. The van der Waals surface area contributed by atoms with Gasteiger partial charge in [-0.15, -0.1) is 0 Å². The van der Waals surface area contributed by atoms with E-state index in [2.05, 4.69) is 9.97 Å². The molecule has 22 heavy (non-hydrogen) atoms. The first-order valence-corrected chi connectivity index (χ1v) is 7.19. The first-order valence-electron chi connectivity index (χ1n) is 7.19. The SMILES string of the molecule is C[C@H](C(=O)O[C@H](C)c1cccnc1)n1cnc2ccccc21. The highest BCUT2D eigenvalue weighted by Gasteiger charge is 2.21. The molecule has 2 aromatic heterocycles. The normalized spacial score (nSPS) is 13.7. The minimum Gasteiger partial charge on any atom is -0.456 e. The first-order chi connectivity index (χ1) is 10.7. The lowest BCUT2D eigenvalue weighted by molar-refractivity contribution is -0.152. The Morgan fingerprint density at radius 3 is 2.77 bits per heavy atom. The summed E-state index contributed by atoms with van der Waals surface area (Å²) in [6.07, 6.45) is 4.73. The van der Waals surface area contributed by atoms with Crippen molar-refractivity contribution in [3.63, 3.8) is 0 Å². The highest BCUT2D eigenvalue weighted by atomic mass is 16.5. The summed E-state index contributed by atoms with van der Waals surface area (Å²) in [4.78, 5) is 20.7. The zero-order valence-corrected chi connectivity index (χ0v) is 12.5. The van der Waals surface area contributed by atoms with Crippen molar-refractivity contribution in [1.82, 2.24) is 14.5 Å². The molecule has 2 atom stereocenters. The standard InChI is InChI=1S/C17H17N3O2/c1-12(20-11-19-15-7-3-4-8-16(15)20)17(21)22-13(2)14-6-5-9-18-10-14/h3-13H,1-2H3/t12-,13-/m1/s1. The molecule has 0 spiro atoms. The first kappa shape index (κ1) is 14.3. The molecule has 0 amide bonds. The van der Waals surface area contributed by atoms with E-state index in [0.717, 1.165) is 16.6 Å². The van der Waals surface area contributed by atoms with Crippen LogP contribution in [0.5, 0.6) is 0 Å². The van der Waals surface area contributed by atoms with Gasteiger partial charge in [0.2, 0.25) is 0 Å². The molecule has 3 aromatic rings. The molecule has 0 bridgehead atoms. The Morgan fingerprint density at radius 2 is 2.00 bits per heavy atom. The fraction of sp³-hybridized carbons (Fsp3) is 0.235. The fourth-order valence-electron chi connectivity index (χ4n) is 2.36. The van der Waals surface area contributed by atoms with E-state index in [4.69, 9.17) is 4.74 Å². The number of nitrogens with zero attached hydrogens (tertiary/aromatic N) is 3. The Bertz CT molecular complexity index is 783. The molecule has 5 nitrogen and oxygen atoms in total. The zero-order chi connectivity index (χ0) is 15.5. The smallest absolute Gasteiger partial charge is 0.329 e. The molecule has 0 unspecified atom stereocenters. The van der Waals surface area contributed by atoms with Crippen LogP contribution in [0.25, 0.3) is 11.0 Å². The van der Waals surface area contributed by atoms with Crippen molar-refractivity contribution >= 4 is 17.0 Å². The lowest BCUT2D eigenvalue weighted by atomic mass is 10.2. The van der Waals surface area contributed by atoms with Crippen molar-refractivity contribution in [2.45, 2.75) is 26.0 Å². The predicted molar refractivity (Wildman–Crippen MR) is 83.2 cm³/mol. The third-order valence-electron chi connectivity index (χ3n) is 3.69. The summed E-state index contributed by atoms with van der Waals surface area (Å²) in [5.74, 6) is -0.292. The van der Waals surface area contributed by atoms with Crippen LogP contribution in [0, 0.1) is 0 Å². The number of imidazole rings is 1. The summed E-state index contributed by atoms with van der Waals surface area (Å²) in [5, 5.41) is 0. The molecule has 0 aliphatic heterocycles. The Morgan fingerprint density at radius 1 is 1.18 bits per heavy atom. The number of carbonyl (C=O) groups excluding carboxylic acids is 1. The van der Waals surface area contributed by atoms with Gasteiger partial charge in [-0.1, -0.05) is 18.2 Å². The van der Waals surface area contributed by atoms with Crippen LogP contribution >= 0.6 is 0 Å². The minimum absolute atomic E-state index is 0.292. The maximum Gasteiger partial charge on any atom is 0.329 e. The molecule has 0 aliphatic carbocycles. The molecule has 0 saturated heterocycles. The average molecular weight is 295 g/mol. The van der Waals surface area contributed by atoms with E-state index >= 15 is 0 Å². The predicted octanol–water partition coefficient (Wildman–Crippen LogP) is 3.30. The molecule has 0 radical (unpaired) electrons. The van der Waals surface area contributed by atoms with E-state index in [9.17, 15) is 4.79 Å². The van der Waals surface area contributed by atoms with Gasteiger partial charge >= 0.3 is 5.97 Å². The van der Waals surface area contributed by atoms with Gasteiger partial charge in [-0.3, -0.25) is 4.98 Å². The number of benzene rings is 1. The third kappa shape index (κ3) is 2.70. The van der Waals surface area contributed by atoms with E-state index in [1.54, 1.807) is 18.7 Å². The van der Waals surface area contributed by atoms with Crippen molar-refractivity contribution in [3.05, 3.63) is 60.7 Å². The number of pyridine rings is 1. The number of aromatic nitrogens is 3. The molecular weight excluding hydrogens is 278 g/mol. The van der Waals surface area contributed by atoms with Gasteiger partial charge in [0.15, 0.2) is 0 Å². The van der Waals surface area contributed by atoms with Crippen LogP contribution in [0.2, 0.25) is 0 Å². The van der Waals surface area contributed by atoms with E-state index in [0.29, 0.717) is 0 Å². The van der Waals surface area contributed by atoms with Crippen LogP contribution in [0.15, 0.2) is 55.1 Å². The van der Waals surface area contributed by atoms with Crippen molar-refractivity contribution < 1.29 is 9.53 Å². The van der Waals surface area contributed by atoms with Gasteiger partial charge in [0.25, 0.3) is 0 Å². The van der Waals surface area contributed by atoms with E-state index in [-0.39, 0.29) is 12.1 Å². The van der Waals surface area contributed by atoms with Gasteiger partial charge in [-0.05, 0) is 32.0 Å². The van der Waals surface area contributed by atoms with Crippen molar-refractivity contribution in [1.29, 1.82) is 0 Å². The van der Waals surface area contributed by atoms with Gasteiger partial charge in [0.05, 0.1) is 17.4 Å². The second-order valence-electron chi connectivity index (χ2n) is 5.18. The molecule has 1 aromatic carbocycles. The topological polar surface area (TPSA) is 57.0 Å². The van der Waals surface area contributed by atoms with Gasteiger partial charge in [-0.2, -0.15) is 0 Å². The number of ether oxygens (including phenoxy) is 1. The van der Waals surface area contributed by atoms with E-state index in [1.807, 2.05) is 54.8 Å². The largest absolute Gasteiger partial charge is 0.456 e. The number of rotatable bonds is 4. The Balaban J connectivity index is 1.77. The highest BCUT2D eigenvalue weighted by molar-refractivity contribution is 5.80. The van der Waals surface area contributed by atoms with E-state index in [1.165, 1.54) is 0 Å². The average Bonchev–Trinajstić information content (AvgIpc) is 2.99. The Hall–Kier alpha value is -2.69. The molecule has 0 fully saturated rings. The quantitative estimate of drug-likeness (QED) is 0.693. The van der Waals surface area contributed by atoms with Gasteiger partial charge in [0, 0.05) is 18.0 Å². The number of para-hydroxylation sites is 2. The summed E-state index contributed by atoms with van der Waals surface area (Å²) in [7, 11) is 0. The number of esters is 1. The third-order valence-corrected chi connectivity index (χ3v) is 3.69. The number of carbonyl (C=O) groups is 1. The lowest BCUT2D eigenvalue weighted by Crippen LogP contribution is -2.20. The van der Waals surface area contributed by atoms with Crippen LogP contribution in [0.4, 0.5) is 0 Å². The van der Waals surface area contributed by atoms with Gasteiger partial charge in [-0.25, -0.2) is 9.78 Å². The Kier molecular flexibility index (Phi) is 3.87. The minimum atomic E-state index is -0.438. The van der Waals surface area contributed by atoms with Crippen molar-refractivity contribution in [3.8, 4) is 0 Å². The number of fused-ring (bicyclic) bond motifs is 1. The van der Waals surface area contributed by atoms with Crippen molar-refractivity contribution in [2.75, 3.05) is 0 Å². The highest BCUT2D eigenvalue weighted by Crippen LogP contribution is 2.22. The second kappa shape index (κ2) is 5.97. The van der Waals surface area contributed by atoms with Gasteiger partial charge in [0.1, 0.15) is 12.1 Å². The second-order valence-corrected chi connectivity index (χ2v) is 5.18. The molecule has 0 aliphatic rings. The maximum atomic E-state index is 12.4. The monoisotopic (exact) mass is 295 g/mol.